The molecule has 0 rings (SSSR count). The number of alkyl halides is 3. The Morgan fingerprint density at radius 3 is 1.78 bits per heavy atom. The normalized spacial score (nSPS) is 14.3. The number of hydrogen-bond acceptors (Lipinski definition) is 2. The summed E-state index contributed by atoms with van der Waals surface area (Å²) in [6.45, 7) is 1.10. The molecule has 0 aromatic carbocycles. The third-order valence-electron chi connectivity index (χ3n) is 0.320. The quantitative estimate of drug-likeness (QED) is 0.594. The van der Waals surface area contributed by atoms with Gasteiger partial charge in [-0.05, 0) is 6.92 Å². The van der Waals surface area contributed by atoms with Crippen LogP contribution in [0.15, 0.2) is 0 Å². The fourth-order valence-corrected chi connectivity index (χ4v) is 0.211. The van der Waals surface area contributed by atoms with E-state index < -0.39 is 12.6 Å². The summed E-state index contributed by atoms with van der Waals surface area (Å²) in [5.74, 6) is 0. The van der Waals surface area contributed by atoms with Gasteiger partial charge in [-0.25, -0.2) is 0 Å². The topological polar surface area (TPSA) is 35.2 Å². The lowest BCUT2D eigenvalue weighted by molar-refractivity contribution is -0.339. The summed E-state index contributed by atoms with van der Waals surface area (Å²) in [4.78, 5) is 0. The summed E-state index contributed by atoms with van der Waals surface area (Å²) in [6, 6.07) is 0. The van der Waals surface area contributed by atoms with Crippen molar-refractivity contribution < 1.29 is 17.9 Å². The lowest BCUT2D eigenvalue weighted by Crippen LogP contribution is -2.27. The van der Waals surface area contributed by atoms with Crippen molar-refractivity contribution in [2.24, 2.45) is 5.73 Å². The van der Waals surface area contributed by atoms with Crippen molar-refractivity contribution in [3.8, 4) is 0 Å². The van der Waals surface area contributed by atoms with Gasteiger partial charge in [-0.1, -0.05) is 0 Å². The molecule has 0 aliphatic heterocycles. The highest BCUT2D eigenvalue weighted by Crippen LogP contribution is 2.16. The molecule has 0 saturated heterocycles. The van der Waals surface area contributed by atoms with E-state index in [2.05, 4.69) is 10.5 Å². The monoisotopic (exact) mass is 165 g/mol. The van der Waals surface area contributed by atoms with Crippen LogP contribution in [0, 0.1) is 0 Å². The molecule has 2 N–H and O–H groups in total. The van der Waals surface area contributed by atoms with Crippen molar-refractivity contribution in [2.45, 2.75) is 19.5 Å². The second-order valence-electron chi connectivity index (χ2n) is 1.27. The Morgan fingerprint density at radius 1 is 1.44 bits per heavy atom. The summed E-state index contributed by atoms with van der Waals surface area (Å²) in [5, 5.41) is 0. The van der Waals surface area contributed by atoms with E-state index in [4.69, 9.17) is 0 Å². The largest absolute Gasteiger partial charge is 0.523 e. The van der Waals surface area contributed by atoms with E-state index in [0.717, 1.165) is 6.92 Å². The zero-order valence-corrected chi connectivity index (χ0v) is 5.42. The second kappa shape index (κ2) is 3.92. The predicted molar refractivity (Wildman–Crippen MR) is 28.0 cm³/mol. The van der Waals surface area contributed by atoms with E-state index in [1.54, 1.807) is 0 Å². The molecule has 0 aliphatic rings. The van der Waals surface area contributed by atoms with Crippen molar-refractivity contribution in [1.82, 2.24) is 0 Å². The van der Waals surface area contributed by atoms with Crippen LogP contribution in [0.1, 0.15) is 6.92 Å². The van der Waals surface area contributed by atoms with Crippen LogP contribution in [0.2, 0.25) is 0 Å². The van der Waals surface area contributed by atoms with Gasteiger partial charge in [0.1, 0.15) is 6.23 Å². The molecule has 9 heavy (non-hydrogen) atoms. The molecule has 1 atom stereocenters. The van der Waals surface area contributed by atoms with Gasteiger partial charge in [0.05, 0.1) is 0 Å². The Labute approximate surface area is 56.6 Å². The highest BCUT2D eigenvalue weighted by molar-refractivity contribution is 5.85. The second-order valence-corrected chi connectivity index (χ2v) is 1.27. The molecular weight excluding hydrogens is 158 g/mol. The molecule has 2 nitrogen and oxygen atoms in total. The Bertz CT molecular complexity index is 73.9. The van der Waals surface area contributed by atoms with E-state index >= 15 is 0 Å². The Kier molecular flexibility index (Phi) is 5.12. The fourth-order valence-electron chi connectivity index (χ4n) is 0.211. The third-order valence-corrected chi connectivity index (χ3v) is 0.320. The molecule has 0 radical (unpaired) electrons. The van der Waals surface area contributed by atoms with E-state index in [0.29, 0.717) is 0 Å². The highest BCUT2D eigenvalue weighted by atomic mass is 35.5. The molecule has 1 unspecified atom stereocenters. The zero-order valence-electron chi connectivity index (χ0n) is 4.61. The summed E-state index contributed by atoms with van der Waals surface area (Å²) < 4.78 is 36.2. The SMILES string of the molecule is CC(N)OC(F)(F)F.Cl. The molecule has 0 aromatic rings. The minimum Gasteiger partial charge on any atom is -0.306 e. The van der Waals surface area contributed by atoms with Gasteiger partial charge in [0.15, 0.2) is 0 Å². The van der Waals surface area contributed by atoms with Crippen LogP contribution in [0.25, 0.3) is 0 Å². The van der Waals surface area contributed by atoms with Crippen LogP contribution in [0.5, 0.6) is 0 Å². The number of ether oxygens (including phenoxy) is 1. The fraction of sp³-hybridized carbons (Fsp3) is 1.00. The van der Waals surface area contributed by atoms with Crippen LogP contribution < -0.4 is 5.73 Å². The van der Waals surface area contributed by atoms with Crippen LogP contribution >= 0.6 is 12.4 Å². The Morgan fingerprint density at radius 2 is 1.78 bits per heavy atom. The van der Waals surface area contributed by atoms with Crippen LogP contribution in [-0.4, -0.2) is 12.6 Å². The van der Waals surface area contributed by atoms with Gasteiger partial charge in [0.25, 0.3) is 0 Å². The molecule has 0 amide bonds. The summed E-state index contributed by atoms with van der Waals surface area (Å²) in [6.07, 6.45) is -5.89. The molecule has 0 aliphatic carbocycles. The zero-order chi connectivity index (χ0) is 6.78. The minimum absolute atomic E-state index is 0. The lowest BCUT2D eigenvalue weighted by Gasteiger charge is -2.08. The van der Waals surface area contributed by atoms with Gasteiger partial charge in [-0.15, -0.1) is 25.6 Å². The molecule has 0 fully saturated rings. The van der Waals surface area contributed by atoms with Crippen LogP contribution in [-0.2, 0) is 4.74 Å². The first kappa shape index (κ1) is 11.8. The summed E-state index contributed by atoms with van der Waals surface area (Å²) in [5.41, 5.74) is 4.64. The maximum Gasteiger partial charge on any atom is 0.523 e. The van der Waals surface area contributed by atoms with Crippen molar-refractivity contribution in [3.63, 3.8) is 0 Å². The number of hydrogen-bond donors (Lipinski definition) is 1. The lowest BCUT2D eigenvalue weighted by atomic mass is 10.7. The average molecular weight is 166 g/mol. The minimum atomic E-state index is -4.60. The van der Waals surface area contributed by atoms with Gasteiger partial charge >= 0.3 is 6.36 Å². The Hall–Kier alpha value is -0.0000000000000000555. The van der Waals surface area contributed by atoms with Gasteiger partial charge in [-0.3, -0.25) is 4.74 Å². The molecule has 58 valence electrons. The Balaban J connectivity index is 0. The summed E-state index contributed by atoms with van der Waals surface area (Å²) >= 11 is 0. The average Bonchev–Trinajstić information content (AvgIpc) is 1.21. The van der Waals surface area contributed by atoms with Gasteiger partial charge < -0.3 is 5.73 Å². The molecular formula is C3H7ClF3NO. The maximum absolute atomic E-state index is 11.0. The highest BCUT2D eigenvalue weighted by Gasteiger charge is 2.30. The first-order valence-corrected chi connectivity index (χ1v) is 1.92. The van der Waals surface area contributed by atoms with E-state index in [-0.39, 0.29) is 12.4 Å². The van der Waals surface area contributed by atoms with Crippen molar-refractivity contribution in [3.05, 3.63) is 0 Å². The molecule has 0 heterocycles. The molecule has 0 aromatic heterocycles. The molecule has 0 saturated carbocycles. The van der Waals surface area contributed by atoms with E-state index in [1.807, 2.05) is 0 Å². The number of halogens is 4. The van der Waals surface area contributed by atoms with E-state index in [1.165, 1.54) is 0 Å². The van der Waals surface area contributed by atoms with E-state index in [9.17, 15) is 13.2 Å². The smallest absolute Gasteiger partial charge is 0.306 e. The van der Waals surface area contributed by atoms with Crippen LogP contribution in [0.4, 0.5) is 13.2 Å². The maximum atomic E-state index is 11.0. The van der Waals surface area contributed by atoms with Gasteiger partial charge in [0.2, 0.25) is 0 Å². The molecule has 0 bridgehead atoms. The van der Waals surface area contributed by atoms with Gasteiger partial charge in [0, 0.05) is 0 Å². The third kappa shape index (κ3) is 11.5. The van der Waals surface area contributed by atoms with Crippen molar-refractivity contribution >= 4 is 12.4 Å². The van der Waals surface area contributed by atoms with Gasteiger partial charge in [-0.2, -0.15) is 0 Å². The number of nitrogens with two attached hydrogens (primary N) is 1. The van der Waals surface area contributed by atoms with Crippen LogP contribution in [0.3, 0.4) is 0 Å². The predicted octanol–water partition coefficient (Wildman–Crippen LogP) is 1.25. The number of rotatable bonds is 1. The first-order valence-electron chi connectivity index (χ1n) is 1.92. The molecule has 6 heteroatoms. The first-order chi connectivity index (χ1) is 3.42. The standard InChI is InChI=1S/C3H6F3NO.ClH/c1-2(7)8-3(4,5)6;/h2H,7H2,1H3;1H. The molecule has 0 spiro atoms. The van der Waals surface area contributed by atoms with Crippen molar-refractivity contribution in [1.29, 1.82) is 0 Å². The summed E-state index contributed by atoms with van der Waals surface area (Å²) in [7, 11) is 0. The van der Waals surface area contributed by atoms with Crippen molar-refractivity contribution in [2.75, 3.05) is 0 Å².